The normalized spacial score (nSPS) is 12.2. The lowest BCUT2D eigenvalue weighted by atomic mass is 10.1. The van der Waals surface area contributed by atoms with Crippen LogP contribution >= 0.6 is 27.3 Å². The summed E-state index contributed by atoms with van der Waals surface area (Å²) in [5.74, 6) is 1.23. The van der Waals surface area contributed by atoms with Crippen LogP contribution in [0.1, 0.15) is 16.5 Å². The zero-order chi connectivity index (χ0) is 13.1. The van der Waals surface area contributed by atoms with Gasteiger partial charge in [0.2, 0.25) is 0 Å². The van der Waals surface area contributed by atoms with E-state index < -0.39 is 6.10 Å². The van der Waals surface area contributed by atoms with Gasteiger partial charge >= 0.3 is 0 Å². The van der Waals surface area contributed by atoms with Crippen molar-refractivity contribution in [3.8, 4) is 11.5 Å². The fourth-order valence-electron chi connectivity index (χ4n) is 1.77. The van der Waals surface area contributed by atoms with E-state index in [9.17, 15) is 5.11 Å². The minimum atomic E-state index is -0.757. The van der Waals surface area contributed by atoms with Crippen LogP contribution in [0.5, 0.6) is 11.5 Å². The van der Waals surface area contributed by atoms with Gasteiger partial charge in [-0.3, -0.25) is 0 Å². The molecule has 0 saturated heterocycles. The Kier molecular flexibility index (Phi) is 4.27. The van der Waals surface area contributed by atoms with Gasteiger partial charge in [-0.2, -0.15) is 0 Å². The number of benzene rings is 1. The Balaban J connectivity index is 2.48. The van der Waals surface area contributed by atoms with E-state index in [0.29, 0.717) is 17.1 Å². The van der Waals surface area contributed by atoms with E-state index in [1.54, 1.807) is 14.2 Å². The highest BCUT2D eigenvalue weighted by atomic mass is 79.9. The van der Waals surface area contributed by atoms with Crippen molar-refractivity contribution in [2.24, 2.45) is 0 Å². The molecular weight excluding hydrogens is 316 g/mol. The molecule has 0 saturated carbocycles. The fourth-order valence-corrected chi connectivity index (χ4v) is 3.19. The Morgan fingerprint density at radius 1 is 1.11 bits per heavy atom. The second-order valence-electron chi connectivity index (χ2n) is 3.62. The molecule has 0 aliphatic heterocycles. The molecule has 18 heavy (non-hydrogen) atoms. The Hall–Kier alpha value is -1.04. The predicted octanol–water partition coefficient (Wildman–Crippen LogP) is 3.61. The van der Waals surface area contributed by atoms with Gasteiger partial charge in [0.15, 0.2) is 0 Å². The quantitative estimate of drug-likeness (QED) is 0.931. The number of thiophene rings is 1. The molecular formula is C13H13BrO3S. The van der Waals surface area contributed by atoms with E-state index in [-0.39, 0.29) is 0 Å². The molecule has 0 aliphatic rings. The van der Waals surface area contributed by atoms with Crippen LogP contribution in [-0.4, -0.2) is 19.3 Å². The monoisotopic (exact) mass is 328 g/mol. The largest absolute Gasteiger partial charge is 0.496 e. The minimum Gasteiger partial charge on any atom is -0.496 e. The Bertz CT molecular complexity index is 517. The number of halogens is 1. The molecule has 0 aliphatic carbocycles. The maximum atomic E-state index is 10.5. The van der Waals surface area contributed by atoms with Crippen molar-refractivity contribution < 1.29 is 14.6 Å². The molecule has 1 heterocycles. The average Bonchev–Trinajstić information content (AvgIpc) is 2.83. The summed E-state index contributed by atoms with van der Waals surface area (Å²) in [6.07, 6.45) is -0.757. The molecule has 1 unspecified atom stereocenters. The summed E-state index contributed by atoms with van der Waals surface area (Å²) in [6, 6.07) is 9.24. The second kappa shape index (κ2) is 5.73. The van der Waals surface area contributed by atoms with Crippen LogP contribution < -0.4 is 9.47 Å². The third kappa shape index (κ3) is 2.53. The van der Waals surface area contributed by atoms with Crippen LogP contribution in [0.25, 0.3) is 0 Å². The van der Waals surface area contributed by atoms with Crippen LogP contribution in [-0.2, 0) is 0 Å². The average molecular weight is 329 g/mol. The molecule has 1 aromatic carbocycles. The van der Waals surface area contributed by atoms with E-state index in [1.807, 2.05) is 30.3 Å². The third-order valence-electron chi connectivity index (χ3n) is 2.60. The molecule has 0 amide bonds. The van der Waals surface area contributed by atoms with Gasteiger partial charge in [0.1, 0.15) is 17.6 Å². The molecule has 96 valence electrons. The summed E-state index contributed by atoms with van der Waals surface area (Å²) in [7, 11) is 3.16. The number of aliphatic hydroxyl groups is 1. The molecule has 0 radical (unpaired) electrons. The van der Waals surface area contributed by atoms with Gasteiger partial charge in [0.05, 0.1) is 23.6 Å². The van der Waals surface area contributed by atoms with Crippen LogP contribution in [0.3, 0.4) is 0 Å². The lowest BCUT2D eigenvalue weighted by Gasteiger charge is -2.17. The van der Waals surface area contributed by atoms with Crippen LogP contribution in [0.2, 0.25) is 0 Å². The van der Waals surface area contributed by atoms with Gasteiger partial charge in [-0.1, -0.05) is 6.07 Å². The van der Waals surface area contributed by atoms with Crippen LogP contribution in [0.15, 0.2) is 34.1 Å². The first-order chi connectivity index (χ1) is 8.67. The summed E-state index contributed by atoms with van der Waals surface area (Å²) < 4.78 is 11.6. The van der Waals surface area contributed by atoms with Gasteiger partial charge in [-0.15, -0.1) is 11.3 Å². The highest BCUT2D eigenvalue weighted by Gasteiger charge is 2.21. The molecule has 1 N–H and O–H groups in total. The van der Waals surface area contributed by atoms with Crippen molar-refractivity contribution in [2.45, 2.75) is 6.10 Å². The van der Waals surface area contributed by atoms with E-state index in [1.165, 1.54) is 11.3 Å². The molecule has 0 fully saturated rings. The van der Waals surface area contributed by atoms with Crippen LogP contribution in [0.4, 0.5) is 0 Å². The summed E-state index contributed by atoms with van der Waals surface area (Å²) in [5, 5.41) is 10.5. The minimum absolute atomic E-state index is 0.617. The Morgan fingerprint density at radius 3 is 2.17 bits per heavy atom. The van der Waals surface area contributed by atoms with Gasteiger partial charge in [0.25, 0.3) is 0 Å². The summed E-state index contributed by atoms with van der Waals surface area (Å²) in [5.41, 5.74) is 0.650. The molecule has 2 rings (SSSR count). The highest BCUT2D eigenvalue weighted by molar-refractivity contribution is 9.11. The zero-order valence-electron chi connectivity index (χ0n) is 10.0. The maximum Gasteiger partial charge on any atom is 0.128 e. The summed E-state index contributed by atoms with van der Waals surface area (Å²) >= 11 is 4.87. The van der Waals surface area contributed by atoms with Gasteiger partial charge < -0.3 is 14.6 Å². The molecule has 0 bridgehead atoms. The number of hydrogen-bond donors (Lipinski definition) is 1. The van der Waals surface area contributed by atoms with E-state index >= 15 is 0 Å². The van der Waals surface area contributed by atoms with Crippen molar-refractivity contribution in [1.29, 1.82) is 0 Å². The van der Waals surface area contributed by atoms with Crippen molar-refractivity contribution in [3.05, 3.63) is 44.6 Å². The molecule has 2 aromatic rings. The van der Waals surface area contributed by atoms with Crippen LogP contribution in [0, 0.1) is 0 Å². The maximum absolute atomic E-state index is 10.5. The van der Waals surface area contributed by atoms with Crippen molar-refractivity contribution >= 4 is 27.3 Å². The predicted molar refractivity (Wildman–Crippen MR) is 75.6 cm³/mol. The first-order valence-corrected chi connectivity index (χ1v) is 6.92. The van der Waals surface area contributed by atoms with E-state index in [2.05, 4.69) is 15.9 Å². The fraction of sp³-hybridized carbons (Fsp3) is 0.231. The van der Waals surface area contributed by atoms with Crippen molar-refractivity contribution in [1.82, 2.24) is 0 Å². The third-order valence-corrected chi connectivity index (χ3v) is 4.28. The number of hydrogen-bond acceptors (Lipinski definition) is 4. The zero-order valence-corrected chi connectivity index (χ0v) is 12.4. The lowest BCUT2D eigenvalue weighted by molar-refractivity contribution is 0.212. The summed E-state index contributed by atoms with van der Waals surface area (Å²) in [4.78, 5) is 0.838. The van der Waals surface area contributed by atoms with E-state index in [0.717, 1.165) is 8.66 Å². The Morgan fingerprint density at radius 2 is 1.72 bits per heavy atom. The SMILES string of the molecule is COc1cccc(OC)c1C(O)c1ccc(Br)s1. The van der Waals surface area contributed by atoms with Gasteiger partial charge in [-0.25, -0.2) is 0 Å². The first kappa shape index (κ1) is 13.4. The standard InChI is InChI=1S/C13H13BrO3S/c1-16-8-4-3-5-9(17-2)12(8)13(15)10-6-7-11(14)18-10/h3-7,13,15H,1-2H3. The molecule has 3 nitrogen and oxygen atoms in total. The Labute approximate surface area is 118 Å². The second-order valence-corrected chi connectivity index (χ2v) is 6.12. The van der Waals surface area contributed by atoms with Crippen molar-refractivity contribution in [2.75, 3.05) is 14.2 Å². The number of aliphatic hydroxyl groups excluding tert-OH is 1. The molecule has 0 spiro atoms. The van der Waals surface area contributed by atoms with Crippen molar-refractivity contribution in [3.63, 3.8) is 0 Å². The highest BCUT2D eigenvalue weighted by Crippen LogP contribution is 2.40. The lowest BCUT2D eigenvalue weighted by Crippen LogP contribution is -2.03. The van der Waals surface area contributed by atoms with Gasteiger partial charge in [0, 0.05) is 4.88 Å². The molecule has 5 heteroatoms. The number of ether oxygens (including phenoxy) is 2. The number of methoxy groups -OCH3 is 2. The topological polar surface area (TPSA) is 38.7 Å². The molecule has 1 aromatic heterocycles. The summed E-state index contributed by atoms with van der Waals surface area (Å²) in [6.45, 7) is 0. The smallest absolute Gasteiger partial charge is 0.128 e. The van der Waals surface area contributed by atoms with Gasteiger partial charge in [-0.05, 0) is 40.2 Å². The molecule has 1 atom stereocenters. The first-order valence-electron chi connectivity index (χ1n) is 5.31. The van der Waals surface area contributed by atoms with E-state index in [4.69, 9.17) is 9.47 Å². The number of rotatable bonds is 4.